The first-order valence-electron chi connectivity index (χ1n) is 11.1. The Balaban J connectivity index is 1.34. The fourth-order valence-electron chi connectivity index (χ4n) is 4.13. The Kier molecular flexibility index (Phi) is 5.83. The molecule has 0 amide bonds. The first-order valence-corrected chi connectivity index (χ1v) is 11.1. The minimum absolute atomic E-state index is 0.229. The van der Waals surface area contributed by atoms with Crippen LogP contribution in [0.15, 0.2) is 54.9 Å². The summed E-state index contributed by atoms with van der Waals surface area (Å²) in [6.07, 6.45) is 3.68. The van der Waals surface area contributed by atoms with Crippen LogP contribution in [0.2, 0.25) is 0 Å². The maximum absolute atomic E-state index is 14.9. The summed E-state index contributed by atoms with van der Waals surface area (Å²) in [5.74, 6) is 0.951. The second kappa shape index (κ2) is 9.07. The van der Waals surface area contributed by atoms with E-state index in [0.29, 0.717) is 23.6 Å². The fraction of sp³-hybridized carbons (Fsp3) is 0.280. The van der Waals surface area contributed by atoms with Crippen molar-refractivity contribution in [3.05, 3.63) is 77.6 Å². The quantitative estimate of drug-likeness (QED) is 0.501. The molecule has 0 spiro atoms. The van der Waals surface area contributed by atoms with E-state index in [2.05, 4.69) is 42.3 Å². The Morgan fingerprint density at radius 1 is 1.06 bits per heavy atom. The van der Waals surface area contributed by atoms with Crippen molar-refractivity contribution in [2.75, 3.05) is 43.4 Å². The maximum Gasteiger partial charge on any atom is 0.135 e. The number of aryl methyl sites for hydroxylation is 1. The van der Waals surface area contributed by atoms with Gasteiger partial charge in [0.1, 0.15) is 17.5 Å². The Labute approximate surface area is 192 Å². The third-order valence-electron chi connectivity index (χ3n) is 6.09. The summed E-state index contributed by atoms with van der Waals surface area (Å²) in [6, 6.07) is 13.2. The minimum atomic E-state index is -0.229. The SMILES string of the molecule is Cc1cccc2c(Nc3ccnc(Cc4ccc(N5CCN(C)CC5)cc4F)n3)cnnc12. The Morgan fingerprint density at radius 2 is 1.91 bits per heavy atom. The van der Waals surface area contributed by atoms with Gasteiger partial charge in [-0.05, 0) is 43.3 Å². The van der Waals surface area contributed by atoms with Gasteiger partial charge in [0.25, 0.3) is 0 Å². The first-order chi connectivity index (χ1) is 16.1. The molecule has 4 aromatic rings. The van der Waals surface area contributed by atoms with Crippen LogP contribution in [-0.2, 0) is 6.42 Å². The predicted octanol–water partition coefficient (Wildman–Crippen LogP) is 3.95. The molecular formula is C25H26FN7. The van der Waals surface area contributed by atoms with E-state index < -0.39 is 0 Å². The summed E-state index contributed by atoms with van der Waals surface area (Å²) in [6.45, 7) is 5.79. The van der Waals surface area contributed by atoms with Crippen LogP contribution in [-0.4, -0.2) is 58.3 Å². The Morgan fingerprint density at radius 3 is 2.73 bits per heavy atom. The molecule has 5 rings (SSSR count). The molecule has 1 saturated heterocycles. The van der Waals surface area contributed by atoms with Crippen LogP contribution in [0.25, 0.3) is 10.9 Å². The molecule has 1 N–H and O–H groups in total. The van der Waals surface area contributed by atoms with Crippen LogP contribution in [0, 0.1) is 12.7 Å². The van der Waals surface area contributed by atoms with Gasteiger partial charge in [0.05, 0.1) is 17.4 Å². The molecule has 0 radical (unpaired) electrons. The summed E-state index contributed by atoms with van der Waals surface area (Å²) >= 11 is 0. The van der Waals surface area contributed by atoms with Crippen LogP contribution in [0.1, 0.15) is 17.0 Å². The van der Waals surface area contributed by atoms with E-state index in [1.54, 1.807) is 24.5 Å². The van der Waals surface area contributed by atoms with Crippen molar-refractivity contribution in [2.45, 2.75) is 13.3 Å². The summed E-state index contributed by atoms with van der Waals surface area (Å²) in [5.41, 5.74) is 4.22. The molecular weight excluding hydrogens is 417 g/mol. The number of hydrogen-bond donors (Lipinski definition) is 1. The monoisotopic (exact) mass is 443 g/mol. The van der Waals surface area contributed by atoms with E-state index in [4.69, 9.17) is 0 Å². The molecule has 0 atom stereocenters. The topological polar surface area (TPSA) is 70.1 Å². The fourth-order valence-corrected chi connectivity index (χ4v) is 4.13. The predicted molar refractivity (Wildman–Crippen MR) is 129 cm³/mol. The first kappa shape index (κ1) is 21.2. The number of nitrogens with zero attached hydrogens (tertiary/aromatic N) is 6. The van der Waals surface area contributed by atoms with Gasteiger partial charge in [-0.1, -0.05) is 24.3 Å². The van der Waals surface area contributed by atoms with Crippen molar-refractivity contribution in [1.29, 1.82) is 0 Å². The molecule has 3 heterocycles. The lowest BCUT2D eigenvalue weighted by atomic mass is 10.1. The average Bonchev–Trinajstić information content (AvgIpc) is 2.82. The number of nitrogens with one attached hydrogen (secondary N) is 1. The van der Waals surface area contributed by atoms with Crippen LogP contribution in [0.3, 0.4) is 0 Å². The highest BCUT2D eigenvalue weighted by Crippen LogP contribution is 2.26. The molecule has 0 aliphatic carbocycles. The van der Waals surface area contributed by atoms with Gasteiger partial charge in [-0.2, -0.15) is 10.2 Å². The lowest BCUT2D eigenvalue weighted by molar-refractivity contribution is 0.312. The van der Waals surface area contributed by atoms with E-state index in [9.17, 15) is 4.39 Å². The van der Waals surface area contributed by atoms with Gasteiger partial charge in [-0.3, -0.25) is 0 Å². The van der Waals surface area contributed by atoms with E-state index in [1.165, 1.54) is 0 Å². The van der Waals surface area contributed by atoms with Gasteiger partial charge < -0.3 is 15.1 Å². The van der Waals surface area contributed by atoms with Crippen molar-refractivity contribution in [2.24, 2.45) is 0 Å². The molecule has 0 unspecified atom stereocenters. The highest BCUT2D eigenvalue weighted by molar-refractivity contribution is 5.93. The highest BCUT2D eigenvalue weighted by atomic mass is 19.1. The van der Waals surface area contributed by atoms with E-state index in [0.717, 1.165) is 54.0 Å². The molecule has 33 heavy (non-hydrogen) atoms. The molecule has 2 aromatic heterocycles. The number of likely N-dealkylation sites (N-methyl/N-ethyl adjacent to an activating group) is 1. The number of anilines is 3. The van der Waals surface area contributed by atoms with Gasteiger partial charge >= 0.3 is 0 Å². The average molecular weight is 444 g/mol. The van der Waals surface area contributed by atoms with Gasteiger partial charge in [0, 0.05) is 49.9 Å². The van der Waals surface area contributed by atoms with Gasteiger partial charge in [0.15, 0.2) is 0 Å². The molecule has 0 bridgehead atoms. The maximum atomic E-state index is 14.9. The highest BCUT2D eigenvalue weighted by Gasteiger charge is 2.16. The summed E-state index contributed by atoms with van der Waals surface area (Å²) < 4.78 is 14.9. The zero-order valence-electron chi connectivity index (χ0n) is 18.8. The zero-order chi connectivity index (χ0) is 22.8. The second-order valence-corrected chi connectivity index (χ2v) is 8.46. The summed E-state index contributed by atoms with van der Waals surface area (Å²) in [5, 5.41) is 12.6. The number of piperazine rings is 1. The van der Waals surface area contributed by atoms with Crippen molar-refractivity contribution < 1.29 is 4.39 Å². The largest absolute Gasteiger partial charge is 0.369 e. The Hall–Kier alpha value is -3.65. The molecule has 8 heteroatoms. The number of fused-ring (bicyclic) bond motifs is 1. The number of halogens is 1. The normalized spacial score (nSPS) is 14.6. The van der Waals surface area contributed by atoms with Gasteiger partial charge in [-0.15, -0.1) is 0 Å². The van der Waals surface area contributed by atoms with Crippen molar-refractivity contribution in [3.8, 4) is 0 Å². The molecule has 1 aliphatic heterocycles. The Bertz CT molecular complexity index is 1280. The van der Waals surface area contributed by atoms with Crippen molar-refractivity contribution in [3.63, 3.8) is 0 Å². The third-order valence-corrected chi connectivity index (χ3v) is 6.09. The lowest BCUT2D eigenvalue weighted by Crippen LogP contribution is -2.44. The van der Waals surface area contributed by atoms with Crippen LogP contribution in [0.5, 0.6) is 0 Å². The minimum Gasteiger partial charge on any atom is -0.369 e. The van der Waals surface area contributed by atoms with Crippen molar-refractivity contribution >= 4 is 28.1 Å². The van der Waals surface area contributed by atoms with Crippen molar-refractivity contribution in [1.82, 2.24) is 25.1 Å². The standard InChI is InChI=1S/C25H26FN7/c1-17-4-3-5-20-22(16-28-31-25(17)20)29-23-8-9-27-24(30-23)14-18-6-7-19(15-21(18)26)33-12-10-32(2)11-13-33/h3-9,15-16H,10-14H2,1-2H3,(H,27,29,30,31). The number of benzene rings is 2. The zero-order valence-corrected chi connectivity index (χ0v) is 18.8. The molecule has 2 aromatic carbocycles. The molecule has 168 valence electrons. The number of hydrogen-bond acceptors (Lipinski definition) is 7. The summed E-state index contributed by atoms with van der Waals surface area (Å²) in [7, 11) is 2.11. The van der Waals surface area contributed by atoms with Crippen LogP contribution < -0.4 is 10.2 Å². The number of aromatic nitrogens is 4. The van der Waals surface area contributed by atoms with E-state index >= 15 is 0 Å². The molecule has 0 saturated carbocycles. The summed E-state index contributed by atoms with van der Waals surface area (Å²) in [4.78, 5) is 13.5. The third kappa shape index (κ3) is 4.61. The van der Waals surface area contributed by atoms with Gasteiger partial charge in [-0.25, -0.2) is 14.4 Å². The number of rotatable bonds is 5. The van der Waals surface area contributed by atoms with Crippen LogP contribution in [0.4, 0.5) is 21.6 Å². The van der Waals surface area contributed by atoms with E-state index in [-0.39, 0.29) is 5.82 Å². The molecule has 7 nitrogen and oxygen atoms in total. The molecule has 1 aliphatic rings. The lowest BCUT2D eigenvalue weighted by Gasteiger charge is -2.34. The molecule has 1 fully saturated rings. The van der Waals surface area contributed by atoms with E-state index in [1.807, 2.05) is 37.3 Å². The second-order valence-electron chi connectivity index (χ2n) is 8.46. The van der Waals surface area contributed by atoms with Crippen LogP contribution >= 0.6 is 0 Å². The van der Waals surface area contributed by atoms with Gasteiger partial charge in [0.2, 0.25) is 0 Å². The smallest absolute Gasteiger partial charge is 0.135 e.